The summed E-state index contributed by atoms with van der Waals surface area (Å²) in [5, 5.41) is 11.6. The number of carbonyl (C=O) groups excluding carboxylic acids is 2. The van der Waals surface area contributed by atoms with Crippen molar-refractivity contribution in [1.29, 1.82) is 0 Å². The van der Waals surface area contributed by atoms with Crippen LogP contribution < -0.4 is 10.6 Å². The van der Waals surface area contributed by atoms with Crippen molar-refractivity contribution < 1.29 is 27.2 Å². The predicted molar refractivity (Wildman–Crippen MR) is 101 cm³/mol. The molecule has 0 spiro atoms. The first-order chi connectivity index (χ1) is 14.0. The van der Waals surface area contributed by atoms with Gasteiger partial charge in [0.25, 0.3) is 18.8 Å². The second-order valence-electron chi connectivity index (χ2n) is 6.74. The van der Waals surface area contributed by atoms with Gasteiger partial charge in [0, 0.05) is 19.3 Å². The molecule has 2 aromatic rings. The summed E-state index contributed by atoms with van der Waals surface area (Å²) in [7, 11) is 0. The summed E-state index contributed by atoms with van der Waals surface area (Å²) in [5.74, 6) is -1.21. The van der Waals surface area contributed by atoms with Gasteiger partial charge in [-0.25, -0.2) is 17.6 Å². The van der Waals surface area contributed by atoms with E-state index in [1.54, 1.807) is 6.92 Å². The third kappa shape index (κ3) is 5.49. The van der Waals surface area contributed by atoms with Crippen molar-refractivity contribution >= 4 is 29.1 Å². The maximum absolute atomic E-state index is 13.2. The summed E-state index contributed by atoms with van der Waals surface area (Å²) >= 11 is 5.57. The molecule has 166 valence electrons. The van der Waals surface area contributed by atoms with Gasteiger partial charge in [0.15, 0.2) is 5.69 Å². The Bertz CT molecular complexity index is 912. The molecule has 0 aliphatic rings. The van der Waals surface area contributed by atoms with Crippen LogP contribution in [0, 0.1) is 5.92 Å². The van der Waals surface area contributed by atoms with E-state index in [0.29, 0.717) is 17.8 Å². The Morgan fingerprint density at radius 2 is 1.83 bits per heavy atom. The molecule has 2 heterocycles. The monoisotopic (exact) mass is 452 g/mol. The fraction of sp³-hybridized carbons (Fsp3) is 0.529. The zero-order valence-corrected chi connectivity index (χ0v) is 17.2. The Labute approximate surface area is 174 Å². The quantitative estimate of drug-likeness (QED) is 0.568. The molecule has 8 nitrogen and oxygen atoms in total. The minimum atomic E-state index is -3.22. The van der Waals surface area contributed by atoms with Crippen molar-refractivity contribution in [2.75, 3.05) is 11.9 Å². The first-order valence-electron chi connectivity index (χ1n) is 9.02. The summed E-state index contributed by atoms with van der Waals surface area (Å²) in [6.45, 7) is 5.54. The molecule has 2 aromatic heterocycles. The highest BCUT2D eigenvalue weighted by Gasteiger charge is 2.29. The van der Waals surface area contributed by atoms with Gasteiger partial charge in [0.05, 0.1) is 10.7 Å². The van der Waals surface area contributed by atoms with Crippen LogP contribution in [0.5, 0.6) is 0 Å². The van der Waals surface area contributed by atoms with Gasteiger partial charge in [-0.05, 0) is 12.8 Å². The largest absolute Gasteiger partial charge is 0.350 e. The number of alkyl halides is 4. The summed E-state index contributed by atoms with van der Waals surface area (Å²) in [4.78, 5) is 24.7. The van der Waals surface area contributed by atoms with Gasteiger partial charge in [0.1, 0.15) is 17.9 Å². The van der Waals surface area contributed by atoms with Crippen molar-refractivity contribution in [1.82, 2.24) is 24.9 Å². The van der Waals surface area contributed by atoms with Crippen molar-refractivity contribution in [2.24, 2.45) is 5.92 Å². The van der Waals surface area contributed by atoms with Crippen LogP contribution in [0.3, 0.4) is 0 Å². The van der Waals surface area contributed by atoms with Crippen molar-refractivity contribution in [3.8, 4) is 0 Å². The molecule has 0 bridgehead atoms. The number of carbonyl (C=O) groups is 2. The maximum atomic E-state index is 13.2. The van der Waals surface area contributed by atoms with E-state index in [4.69, 9.17) is 11.6 Å². The zero-order valence-electron chi connectivity index (χ0n) is 16.4. The fourth-order valence-electron chi connectivity index (χ4n) is 2.49. The van der Waals surface area contributed by atoms with Gasteiger partial charge in [-0.1, -0.05) is 25.4 Å². The molecule has 2 amide bonds. The zero-order chi connectivity index (χ0) is 22.6. The van der Waals surface area contributed by atoms with E-state index in [-0.39, 0.29) is 17.3 Å². The summed E-state index contributed by atoms with van der Waals surface area (Å²) in [6.07, 6.45) is -5.00. The first kappa shape index (κ1) is 23.6. The van der Waals surface area contributed by atoms with Gasteiger partial charge in [-0.15, -0.1) is 0 Å². The van der Waals surface area contributed by atoms with Crippen LogP contribution in [0.25, 0.3) is 0 Å². The first-order valence-corrected chi connectivity index (χ1v) is 9.40. The third-order valence-corrected chi connectivity index (χ3v) is 4.30. The third-order valence-electron chi connectivity index (χ3n) is 3.91. The molecule has 2 rings (SSSR count). The van der Waals surface area contributed by atoms with Gasteiger partial charge >= 0.3 is 0 Å². The standard InChI is InChI=1S/C17H21ClF4N6O2/c1-4-27-6-9(12(25-27)17(30)23-5-8(2)3)24-10(29)7-28-14(16(21)22)11(18)13(26-28)15(19)20/h6,8,15-16H,4-5,7H2,1-3H3,(H,23,30)(H,24,29). The molecule has 0 saturated carbocycles. The lowest BCUT2D eigenvalue weighted by Crippen LogP contribution is -2.29. The number of hydrogen-bond donors (Lipinski definition) is 2. The van der Waals surface area contributed by atoms with E-state index in [1.807, 2.05) is 13.8 Å². The number of hydrogen-bond acceptors (Lipinski definition) is 4. The van der Waals surface area contributed by atoms with Gasteiger partial charge in [0.2, 0.25) is 5.91 Å². The van der Waals surface area contributed by atoms with Crippen LogP contribution >= 0.6 is 11.6 Å². The van der Waals surface area contributed by atoms with E-state index in [2.05, 4.69) is 20.8 Å². The topological polar surface area (TPSA) is 93.8 Å². The number of nitrogens with zero attached hydrogens (tertiary/aromatic N) is 4. The SMILES string of the molecule is CCn1cc(NC(=O)Cn2nc(C(F)F)c(Cl)c2C(F)F)c(C(=O)NCC(C)C)n1. The lowest BCUT2D eigenvalue weighted by molar-refractivity contribution is -0.117. The fourth-order valence-corrected chi connectivity index (χ4v) is 2.79. The van der Waals surface area contributed by atoms with Crippen LogP contribution in [-0.4, -0.2) is 37.9 Å². The number of rotatable bonds is 9. The summed E-state index contributed by atoms with van der Waals surface area (Å²) in [6, 6.07) is 0. The molecule has 0 unspecified atom stereocenters. The lowest BCUT2D eigenvalue weighted by atomic mass is 10.2. The second-order valence-corrected chi connectivity index (χ2v) is 7.12. The van der Waals surface area contributed by atoms with Crippen LogP contribution in [0.1, 0.15) is 55.5 Å². The summed E-state index contributed by atoms with van der Waals surface area (Å²) < 4.78 is 54.1. The number of nitrogens with one attached hydrogen (secondary N) is 2. The van der Waals surface area contributed by atoms with E-state index in [9.17, 15) is 27.2 Å². The molecule has 0 aromatic carbocycles. The highest BCUT2D eigenvalue weighted by molar-refractivity contribution is 6.32. The molecule has 0 fully saturated rings. The Hall–Kier alpha value is -2.63. The number of amides is 2. The number of aromatic nitrogens is 4. The van der Waals surface area contributed by atoms with Gasteiger partial charge in [-0.2, -0.15) is 10.2 Å². The Balaban J connectivity index is 2.24. The minimum absolute atomic E-state index is 0.0500. The minimum Gasteiger partial charge on any atom is -0.350 e. The van der Waals surface area contributed by atoms with Crippen molar-refractivity contribution in [3.63, 3.8) is 0 Å². The van der Waals surface area contributed by atoms with Crippen LogP contribution in [0.15, 0.2) is 6.20 Å². The second kappa shape index (κ2) is 9.92. The van der Waals surface area contributed by atoms with Gasteiger partial charge < -0.3 is 10.6 Å². The molecule has 0 saturated heterocycles. The van der Waals surface area contributed by atoms with Crippen LogP contribution in [0.4, 0.5) is 23.2 Å². The molecule has 2 N–H and O–H groups in total. The highest BCUT2D eigenvalue weighted by Crippen LogP contribution is 2.34. The van der Waals surface area contributed by atoms with E-state index in [1.165, 1.54) is 10.9 Å². The van der Waals surface area contributed by atoms with Crippen LogP contribution in [0.2, 0.25) is 5.02 Å². The number of halogens is 5. The maximum Gasteiger partial charge on any atom is 0.283 e. The molecule has 13 heteroatoms. The normalized spacial score (nSPS) is 11.6. The molecule has 0 radical (unpaired) electrons. The van der Waals surface area contributed by atoms with E-state index >= 15 is 0 Å². The lowest BCUT2D eigenvalue weighted by Gasteiger charge is -2.09. The Morgan fingerprint density at radius 1 is 1.17 bits per heavy atom. The summed E-state index contributed by atoms with van der Waals surface area (Å²) in [5.41, 5.74) is -2.03. The average molecular weight is 453 g/mol. The van der Waals surface area contributed by atoms with Gasteiger partial charge in [-0.3, -0.25) is 19.0 Å². The molecule has 0 aliphatic heterocycles. The van der Waals surface area contributed by atoms with E-state index < -0.39 is 47.6 Å². The van der Waals surface area contributed by atoms with Crippen LogP contribution in [-0.2, 0) is 17.9 Å². The molecule has 30 heavy (non-hydrogen) atoms. The average Bonchev–Trinajstić information content (AvgIpc) is 3.20. The molecule has 0 atom stereocenters. The molecular weight excluding hydrogens is 432 g/mol. The van der Waals surface area contributed by atoms with Crippen molar-refractivity contribution in [3.05, 3.63) is 28.3 Å². The number of anilines is 1. The van der Waals surface area contributed by atoms with Crippen molar-refractivity contribution in [2.45, 2.75) is 46.7 Å². The number of aryl methyl sites for hydroxylation is 1. The molecular formula is C17H21ClF4N6O2. The molecule has 0 aliphatic carbocycles. The predicted octanol–water partition coefficient (Wildman–Crippen LogP) is 3.65. The highest BCUT2D eigenvalue weighted by atomic mass is 35.5. The Kier molecular flexibility index (Phi) is 7.82. The smallest absolute Gasteiger partial charge is 0.283 e. The van der Waals surface area contributed by atoms with E-state index in [0.717, 1.165) is 0 Å². The Morgan fingerprint density at radius 3 is 2.37 bits per heavy atom.